The van der Waals surface area contributed by atoms with Crippen molar-refractivity contribution in [1.29, 1.82) is 0 Å². The van der Waals surface area contributed by atoms with Gasteiger partial charge in [0.25, 0.3) is 0 Å². The summed E-state index contributed by atoms with van der Waals surface area (Å²) in [5.74, 6) is 0.138. The normalized spacial score (nSPS) is 17.2. The third-order valence-electron chi connectivity index (χ3n) is 3.43. The quantitative estimate of drug-likeness (QED) is 0.836. The summed E-state index contributed by atoms with van der Waals surface area (Å²) >= 11 is 0. The van der Waals surface area contributed by atoms with Gasteiger partial charge in [-0.25, -0.2) is 8.42 Å². The Morgan fingerprint density at radius 2 is 2.00 bits per heavy atom. The third-order valence-corrected chi connectivity index (χ3v) is 5.23. The average molecular weight is 299 g/mol. The van der Waals surface area contributed by atoms with Gasteiger partial charge in [-0.2, -0.15) is 0 Å². The van der Waals surface area contributed by atoms with E-state index in [2.05, 4.69) is 4.90 Å². The van der Waals surface area contributed by atoms with Gasteiger partial charge in [-0.05, 0) is 30.7 Å². The molecule has 0 atom stereocenters. The predicted octanol–water partition coefficient (Wildman–Crippen LogP) is 0.675. The number of nitrogens with zero attached hydrogens (tertiary/aromatic N) is 1. The fraction of sp³-hybridized carbons (Fsp3) is 0.571. The van der Waals surface area contributed by atoms with Crippen molar-refractivity contribution < 1.29 is 18.3 Å². The third kappa shape index (κ3) is 4.28. The molecule has 0 unspecified atom stereocenters. The molecule has 2 rings (SSSR count). The van der Waals surface area contributed by atoms with Crippen molar-refractivity contribution in [1.82, 2.24) is 4.90 Å². The maximum Gasteiger partial charge on any atom is 0.178 e. The van der Waals surface area contributed by atoms with Crippen molar-refractivity contribution in [3.8, 4) is 0 Å². The van der Waals surface area contributed by atoms with E-state index in [0.717, 1.165) is 32.8 Å². The molecular formula is C14H21NO4S. The van der Waals surface area contributed by atoms with E-state index in [9.17, 15) is 8.42 Å². The summed E-state index contributed by atoms with van der Waals surface area (Å²) < 4.78 is 29.7. The van der Waals surface area contributed by atoms with Crippen molar-refractivity contribution in [2.75, 3.05) is 38.6 Å². The Bertz CT molecular complexity index is 524. The Kier molecular flexibility index (Phi) is 5.54. The van der Waals surface area contributed by atoms with Gasteiger partial charge in [-0.3, -0.25) is 4.90 Å². The van der Waals surface area contributed by atoms with Crippen molar-refractivity contribution in [3.05, 3.63) is 29.8 Å². The van der Waals surface area contributed by atoms with Gasteiger partial charge in [-0.1, -0.05) is 12.1 Å². The SMILES string of the molecule is O=S(=O)(CCCN1CCOCC1)c1cccc(CO)c1. The molecule has 6 heteroatoms. The Labute approximate surface area is 120 Å². The van der Waals surface area contributed by atoms with E-state index in [1.165, 1.54) is 0 Å². The van der Waals surface area contributed by atoms with Crippen LogP contribution in [-0.4, -0.2) is 57.0 Å². The largest absolute Gasteiger partial charge is 0.392 e. The lowest BCUT2D eigenvalue weighted by Crippen LogP contribution is -2.37. The highest BCUT2D eigenvalue weighted by Gasteiger charge is 2.16. The first-order valence-corrected chi connectivity index (χ1v) is 8.50. The molecule has 1 aromatic rings. The Balaban J connectivity index is 1.89. The van der Waals surface area contributed by atoms with Crippen LogP contribution in [0.25, 0.3) is 0 Å². The topological polar surface area (TPSA) is 66.8 Å². The molecule has 1 aliphatic rings. The number of morpholine rings is 1. The van der Waals surface area contributed by atoms with Crippen molar-refractivity contribution >= 4 is 9.84 Å². The van der Waals surface area contributed by atoms with E-state index >= 15 is 0 Å². The van der Waals surface area contributed by atoms with Crippen LogP contribution in [0.15, 0.2) is 29.2 Å². The van der Waals surface area contributed by atoms with E-state index in [1.54, 1.807) is 24.3 Å². The number of ether oxygens (including phenoxy) is 1. The molecule has 0 spiro atoms. The predicted molar refractivity (Wildman–Crippen MR) is 76.3 cm³/mol. The molecule has 0 saturated carbocycles. The number of aliphatic hydroxyl groups excluding tert-OH is 1. The van der Waals surface area contributed by atoms with Gasteiger partial charge >= 0.3 is 0 Å². The minimum Gasteiger partial charge on any atom is -0.392 e. The van der Waals surface area contributed by atoms with Gasteiger partial charge in [0.15, 0.2) is 9.84 Å². The van der Waals surface area contributed by atoms with Crippen molar-refractivity contribution in [2.45, 2.75) is 17.9 Å². The van der Waals surface area contributed by atoms with Gasteiger partial charge in [0, 0.05) is 13.1 Å². The molecule has 1 aromatic carbocycles. The molecule has 20 heavy (non-hydrogen) atoms. The van der Waals surface area contributed by atoms with Crippen LogP contribution in [-0.2, 0) is 21.2 Å². The monoisotopic (exact) mass is 299 g/mol. The van der Waals surface area contributed by atoms with Gasteiger partial charge < -0.3 is 9.84 Å². The lowest BCUT2D eigenvalue weighted by Gasteiger charge is -2.26. The molecule has 0 aromatic heterocycles. The van der Waals surface area contributed by atoms with Gasteiger partial charge in [0.05, 0.1) is 30.5 Å². The summed E-state index contributed by atoms with van der Waals surface area (Å²) in [4.78, 5) is 2.52. The lowest BCUT2D eigenvalue weighted by molar-refractivity contribution is 0.0381. The lowest BCUT2D eigenvalue weighted by atomic mass is 10.2. The van der Waals surface area contributed by atoms with Crippen LogP contribution in [0.2, 0.25) is 0 Å². The minimum absolute atomic E-state index is 0.138. The molecule has 1 heterocycles. The first-order chi connectivity index (χ1) is 9.62. The smallest absolute Gasteiger partial charge is 0.178 e. The van der Waals surface area contributed by atoms with Crippen LogP contribution in [0.4, 0.5) is 0 Å². The van der Waals surface area contributed by atoms with E-state index in [1.807, 2.05) is 0 Å². The molecule has 5 nitrogen and oxygen atoms in total. The van der Waals surface area contributed by atoms with E-state index in [-0.39, 0.29) is 12.4 Å². The Hall–Kier alpha value is -0.950. The number of sulfone groups is 1. The summed E-state index contributed by atoms with van der Waals surface area (Å²) in [5.41, 5.74) is 0.624. The fourth-order valence-corrected chi connectivity index (χ4v) is 3.62. The van der Waals surface area contributed by atoms with Crippen LogP contribution in [0.1, 0.15) is 12.0 Å². The molecule has 0 aliphatic carbocycles. The van der Waals surface area contributed by atoms with Gasteiger partial charge in [0.1, 0.15) is 0 Å². The van der Waals surface area contributed by atoms with Crippen molar-refractivity contribution in [2.24, 2.45) is 0 Å². The first-order valence-electron chi connectivity index (χ1n) is 6.84. The number of benzene rings is 1. The van der Waals surface area contributed by atoms with Crippen LogP contribution in [0.3, 0.4) is 0 Å². The number of aliphatic hydroxyl groups is 1. The van der Waals surface area contributed by atoms with Crippen LogP contribution < -0.4 is 0 Å². The molecule has 0 amide bonds. The summed E-state index contributed by atoms with van der Waals surface area (Å²) in [7, 11) is -3.26. The number of hydrogen-bond donors (Lipinski definition) is 1. The summed E-state index contributed by atoms with van der Waals surface area (Å²) in [5, 5.41) is 9.06. The van der Waals surface area contributed by atoms with Gasteiger partial charge in [0.2, 0.25) is 0 Å². The highest BCUT2D eigenvalue weighted by molar-refractivity contribution is 7.91. The summed E-state index contributed by atoms with van der Waals surface area (Å²) in [6, 6.07) is 6.51. The molecule has 1 aliphatic heterocycles. The van der Waals surface area contributed by atoms with Gasteiger partial charge in [-0.15, -0.1) is 0 Å². The molecule has 1 N–H and O–H groups in total. The second kappa shape index (κ2) is 7.17. The zero-order valence-electron chi connectivity index (χ0n) is 11.5. The molecule has 112 valence electrons. The highest BCUT2D eigenvalue weighted by atomic mass is 32.2. The first kappa shape index (κ1) is 15.4. The van der Waals surface area contributed by atoms with E-state index in [4.69, 9.17) is 9.84 Å². The van der Waals surface area contributed by atoms with Crippen LogP contribution >= 0.6 is 0 Å². The zero-order valence-corrected chi connectivity index (χ0v) is 12.3. The van der Waals surface area contributed by atoms with Crippen LogP contribution in [0.5, 0.6) is 0 Å². The average Bonchev–Trinajstić information content (AvgIpc) is 2.48. The second-order valence-corrected chi connectivity index (χ2v) is 7.04. The molecule has 0 bridgehead atoms. The van der Waals surface area contributed by atoms with Crippen LogP contribution in [0, 0.1) is 0 Å². The zero-order chi connectivity index (χ0) is 14.4. The summed E-state index contributed by atoms with van der Waals surface area (Å²) in [6.45, 7) is 3.84. The highest BCUT2D eigenvalue weighted by Crippen LogP contribution is 2.14. The second-order valence-electron chi connectivity index (χ2n) is 4.93. The number of rotatable bonds is 6. The van der Waals surface area contributed by atoms with Crippen molar-refractivity contribution in [3.63, 3.8) is 0 Å². The van der Waals surface area contributed by atoms with E-state index < -0.39 is 9.84 Å². The fourth-order valence-electron chi connectivity index (χ4n) is 2.26. The molecular weight excluding hydrogens is 278 g/mol. The Morgan fingerprint density at radius 1 is 1.25 bits per heavy atom. The summed E-state index contributed by atoms with van der Waals surface area (Å²) in [6.07, 6.45) is 0.617. The maximum absolute atomic E-state index is 12.2. The minimum atomic E-state index is -3.26. The molecule has 0 radical (unpaired) electrons. The maximum atomic E-state index is 12.2. The Morgan fingerprint density at radius 3 is 2.70 bits per heavy atom. The van der Waals surface area contributed by atoms with E-state index in [0.29, 0.717) is 16.9 Å². The molecule has 1 saturated heterocycles. The number of hydrogen-bond acceptors (Lipinski definition) is 5. The molecule has 1 fully saturated rings. The standard InChI is InChI=1S/C14H21NO4S/c16-12-13-3-1-4-14(11-13)20(17,18)10-2-5-15-6-8-19-9-7-15/h1,3-4,11,16H,2,5-10,12H2.